The Kier molecular flexibility index (Phi) is 5.84. The number of rotatable bonds is 5. The van der Waals surface area contributed by atoms with Gasteiger partial charge in [0.25, 0.3) is 0 Å². The fraction of sp³-hybridized carbons (Fsp3) is 0.556. The van der Waals surface area contributed by atoms with Gasteiger partial charge < -0.3 is 10.4 Å². The minimum Gasteiger partial charge on any atom is -0.478 e. The number of carboxylic acid groups (broad SMARTS) is 1. The van der Waals surface area contributed by atoms with Crippen molar-refractivity contribution in [2.24, 2.45) is 0 Å². The van der Waals surface area contributed by atoms with Gasteiger partial charge in [-0.2, -0.15) is 0 Å². The summed E-state index contributed by atoms with van der Waals surface area (Å²) in [7, 11) is -0.962. The molecule has 0 radical (unpaired) electrons. The monoisotopic (exact) mass is 233 g/mol. The van der Waals surface area contributed by atoms with E-state index in [0.29, 0.717) is 5.75 Å². The first-order chi connectivity index (χ1) is 6.86. The zero-order valence-electron chi connectivity index (χ0n) is 8.99. The average Bonchev–Trinajstić information content (AvgIpc) is 2.14. The van der Waals surface area contributed by atoms with Crippen LogP contribution in [0.1, 0.15) is 13.8 Å². The highest BCUT2D eigenvalue weighted by atomic mass is 32.2. The van der Waals surface area contributed by atoms with Crippen LogP contribution in [0.3, 0.4) is 0 Å². The van der Waals surface area contributed by atoms with E-state index in [1.54, 1.807) is 0 Å². The van der Waals surface area contributed by atoms with E-state index >= 15 is 0 Å². The van der Waals surface area contributed by atoms with Crippen molar-refractivity contribution in [3.8, 4) is 0 Å². The molecule has 2 N–H and O–H groups in total. The number of hydrogen-bond donors (Lipinski definition) is 2. The number of nitrogens with one attached hydrogen (secondary N) is 1. The van der Waals surface area contributed by atoms with Crippen molar-refractivity contribution in [1.29, 1.82) is 0 Å². The Balaban J connectivity index is 4.28. The smallest absolute Gasteiger partial charge is 0.331 e. The van der Waals surface area contributed by atoms with E-state index < -0.39 is 22.7 Å². The summed E-state index contributed by atoms with van der Waals surface area (Å²) in [5.41, 5.74) is 0.189. The van der Waals surface area contributed by atoms with Crippen molar-refractivity contribution in [1.82, 2.24) is 5.32 Å². The Labute approximate surface area is 91.0 Å². The third-order valence-corrected chi connectivity index (χ3v) is 2.68. The van der Waals surface area contributed by atoms with E-state index in [4.69, 9.17) is 5.11 Å². The van der Waals surface area contributed by atoms with E-state index in [9.17, 15) is 13.8 Å². The topological polar surface area (TPSA) is 83.5 Å². The molecule has 0 aromatic rings. The highest BCUT2D eigenvalue weighted by Crippen LogP contribution is 2.02. The first kappa shape index (κ1) is 13.8. The number of carboxylic acids is 1. The van der Waals surface area contributed by atoms with Gasteiger partial charge in [-0.3, -0.25) is 9.00 Å². The third kappa shape index (κ3) is 5.31. The van der Waals surface area contributed by atoms with Crippen LogP contribution in [0, 0.1) is 0 Å². The van der Waals surface area contributed by atoms with Crippen LogP contribution in [0.25, 0.3) is 0 Å². The number of aliphatic carboxylic acids is 1. The van der Waals surface area contributed by atoms with Crippen LogP contribution in [0.4, 0.5) is 0 Å². The maximum absolute atomic E-state index is 11.3. The van der Waals surface area contributed by atoms with Crippen LogP contribution in [0.15, 0.2) is 11.1 Å². The van der Waals surface area contributed by atoms with Gasteiger partial charge in [-0.1, -0.05) is 0 Å². The molecule has 0 rings (SSSR count). The maximum atomic E-state index is 11.3. The van der Waals surface area contributed by atoms with E-state index in [0.717, 1.165) is 0 Å². The van der Waals surface area contributed by atoms with Crippen LogP contribution in [0.2, 0.25) is 0 Å². The maximum Gasteiger partial charge on any atom is 0.331 e. The lowest BCUT2D eigenvalue weighted by molar-refractivity contribution is -0.133. The molecule has 1 atom stereocenters. The molecule has 0 aliphatic heterocycles. The molecular formula is C9H15NO4S. The molecule has 1 amide bonds. The second kappa shape index (κ2) is 6.34. The molecule has 0 aliphatic carbocycles. The van der Waals surface area contributed by atoms with Crippen molar-refractivity contribution in [2.45, 2.75) is 13.8 Å². The Morgan fingerprint density at radius 1 is 1.27 bits per heavy atom. The molecule has 15 heavy (non-hydrogen) atoms. The van der Waals surface area contributed by atoms with Crippen molar-refractivity contribution in [2.75, 3.05) is 18.6 Å². The molecule has 86 valence electrons. The zero-order valence-corrected chi connectivity index (χ0v) is 9.81. The Morgan fingerprint density at radius 2 is 1.80 bits per heavy atom. The summed E-state index contributed by atoms with van der Waals surface area (Å²) in [5, 5.41) is 11.1. The van der Waals surface area contributed by atoms with Gasteiger partial charge in [-0.05, 0) is 13.8 Å². The molecule has 0 saturated heterocycles. The zero-order chi connectivity index (χ0) is 12.0. The molecule has 0 aromatic carbocycles. The van der Waals surface area contributed by atoms with E-state index in [2.05, 4.69) is 5.32 Å². The van der Waals surface area contributed by atoms with Gasteiger partial charge in [0.1, 0.15) is 0 Å². The lowest BCUT2D eigenvalue weighted by atomic mass is 10.1. The standard InChI is InChI=1S/C9H15NO4S/c1-6(7(2)9(12)13)8(11)10-4-5-15(3)14/h4-5H2,1-3H3,(H,10,11)(H,12,13). The van der Waals surface area contributed by atoms with Crippen LogP contribution in [-0.4, -0.2) is 39.7 Å². The second-order valence-electron chi connectivity index (χ2n) is 3.09. The molecule has 0 aliphatic rings. The predicted molar refractivity (Wildman–Crippen MR) is 58.0 cm³/mol. The molecule has 0 saturated carbocycles. The third-order valence-electron chi connectivity index (χ3n) is 1.90. The molecule has 5 nitrogen and oxygen atoms in total. The largest absolute Gasteiger partial charge is 0.478 e. The lowest BCUT2D eigenvalue weighted by Crippen LogP contribution is -2.29. The van der Waals surface area contributed by atoms with E-state index in [1.165, 1.54) is 20.1 Å². The van der Waals surface area contributed by atoms with E-state index in [1.807, 2.05) is 0 Å². The molecule has 0 heterocycles. The van der Waals surface area contributed by atoms with Gasteiger partial charge in [0.15, 0.2) is 0 Å². The molecule has 6 heteroatoms. The van der Waals surface area contributed by atoms with Crippen LogP contribution >= 0.6 is 0 Å². The van der Waals surface area contributed by atoms with E-state index in [-0.39, 0.29) is 17.7 Å². The van der Waals surface area contributed by atoms with Gasteiger partial charge in [0.2, 0.25) is 5.91 Å². The predicted octanol–water partition coefficient (Wildman–Crippen LogP) is -0.0979. The summed E-state index contributed by atoms with van der Waals surface area (Å²) < 4.78 is 10.7. The number of carbonyl (C=O) groups is 2. The highest BCUT2D eigenvalue weighted by molar-refractivity contribution is 7.84. The molecule has 0 aromatic heterocycles. The molecule has 0 bridgehead atoms. The summed E-state index contributed by atoms with van der Waals surface area (Å²) in [4.78, 5) is 21.9. The minimum absolute atomic E-state index is 0.0186. The molecule has 0 spiro atoms. The fourth-order valence-corrected chi connectivity index (χ4v) is 1.16. The first-order valence-corrected chi connectivity index (χ1v) is 6.08. The van der Waals surface area contributed by atoms with Crippen molar-refractivity contribution >= 4 is 22.7 Å². The molecule has 0 fully saturated rings. The summed E-state index contributed by atoms with van der Waals surface area (Å²) in [6.45, 7) is 3.10. The summed E-state index contributed by atoms with van der Waals surface area (Å²) in [6.07, 6.45) is 1.54. The van der Waals surface area contributed by atoms with Crippen molar-refractivity contribution in [3.63, 3.8) is 0 Å². The van der Waals surface area contributed by atoms with Gasteiger partial charge in [0.05, 0.1) is 0 Å². The quantitative estimate of drug-likeness (QED) is 0.650. The van der Waals surface area contributed by atoms with Crippen LogP contribution in [-0.2, 0) is 20.4 Å². The average molecular weight is 233 g/mol. The summed E-state index contributed by atoms with van der Waals surface area (Å²) in [5.74, 6) is -1.17. The fourth-order valence-electron chi connectivity index (χ4n) is 0.772. The summed E-state index contributed by atoms with van der Waals surface area (Å²) >= 11 is 0. The van der Waals surface area contributed by atoms with Crippen LogP contribution < -0.4 is 5.32 Å². The van der Waals surface area contributed by atoms with Crippen LogP contribution in [0.5, 0.6) is 0 Å². The number of amides is 1. The Morgan fingerprint density at radius 3 is 2.20 bits per heavy atom. The SMILES string of the molecule is CC(C(=O)O)=C(C)C(=O)NCCS(C)=O. The second-order valence-corrected chi connectivity index (χ2v) is 4.64. The Bertz CT molecular complexity index is 322. The van der Waals surface area contributed by atoms with Gasteiger partial charge in [0, 0.05) is 40.5 Å². The van der Waals surface area contributed by atoms with Gasteiger partial charge in [-0.25, -0.2) is 4.79 Å². The normalized spacial score (nSPS) is 14.1. The number of carbonyl (C=O) groups excluding carboxylic acids is 1. The minimum atomic E-state index is -1.11. The van der Waals surface area contributed by atoms with Crippen molar-refractivity contribution < 1.29 is 18.9 Å². The van der Waals surface area contributed by atoms with Gasteiger partial charge in [-0.15, -0.1) is 0 Å². The van der Waals surface area contributed by atoms with Crippen molar-refractivity contribution in [3.05, 3.63) is 11.1 Å². The Hall–Kier alpha value is -1.17. The lowest BCUT2D eigenvalue weighted by Gasteiger charge is -2.05. The highest BCUT2D eigenvalue weighted by Gasteiger charge is 2.11. The summed E-state index contributed by atoms with van der Waals surface area (Å²) in [6, 6.07) is 0. The molecular weight excluding hydrogens is 218 g/mol. The van der Waals surface area contributed by atoms with Gasteiger partial charge >= 0.3 is 5.97 Å². The number of hydrogen-bond acceptors (Lipinski definition) is 3. The molecule has 1 unspecified atom stereocenters. The first-order valence-electron chi connectivity index (χ1n) is 4.35.